The number of carbonyl (C=O) groups excluding carboxylic acids is 1. The molecule has 0 unspecified atom stereocenters. The molecule has 3 rings (SSSR count). The fraction of sp³-hybridized carbons (Fsp3) is 0.133. The highest BCUT2D eigenvalue weighted by Crippen LogP contribution is 2.45. The Morgan fingerprint density at radius 1 is 1.00 bits per heavy atom. The van der Waals surface area contributed by atoms with E-state index in [9.17, 15) is 4.79 Å². The van der Waals surface area contributed by atoms with Crippen LogP contribution in [-0.2, 0) is 4.79 Å². The third-order valence-electron chi connectivity index (χ3n) is 3.19. The molecule has 1 heterocycles. The summed E-state index contributed by atoms with van der Waals surface area (Å²) in [7, 11) is 0. The van der Waals surface area contributed by atoms with Crippen LogP contribution in [0.3, 0.4) is 0 Å². The van der Waals surface area contributed by atoms with Crippen molar-refractivity contribution in [3.05, 3.63) is 59.7 Å². The minimum Gasteiger partial charge on any atom is -0.457 e. The van der Waals surface area contributed by atoms with Gasteiger partial charge in [-0.15, -0.1) is 12.6 Å². The quantitative estimate of drug-likeness (QED) is 0.828. The van der Waals surface area contributed by atoms with E-state index in [2.05, 4.69) is 12.6 Å². The molecular formula is C15H12O2S. The molecule has 2 aromatic carbocycles. The van der Waals surface area contributed by atoms with Crippen molar-refractivity contribution in [1.82, 2.24) is 0 Å². The molecule has 18 heavy (non-hydrogen) atoms. The highest BCUT2D eigenvalue weighted by Gasteiger charge is 2.27. The first-order chi connectivity index (χ1) is 8.75. The van der Waals surface area contributed by atoms with Crippen molar-refractivity contribution < 1.29 is 9.53 Å². The average Bonchev–Trinajstić information content (AvgIpc) is 2.38. The molecule has 2 aromatic rings. The van der Waals surface area contributed by atoms with Gasteiger partial charge in [0.1, 0.15) is 11.5 Å². The van der Waals surface area contributed by atoms with E-state index in [1.54, 1.807) is 0 Å². The van der Waals surface area contributed by atoms with Crippen molar-refractivity contribution in [2.75, 3.05) is 0 Å². The monoisotopic (exact) mass is 256 g/mol. The largest absolute Gasteiger partial charge is 0.457 e. The van der Waals surface area contributed by atoms with Crippen molar-refractivity contribution in [3.8, 4) is 11.5 Å². The van der Waals surface area contributed by atoms with E-state index in [0.29, 0.717) is 6.42 Å². The molecule has 90 valence electrons. The van der Waals surface area contributed by atoms with Gasteiger partial charge in [0, 0.05) is 23.5 Å². The molecule has 0 amide bonds. The van der Waals surface area contributed by atoms with Crippen molar-refractivity contribution in [3.63, 3.8) is 0 Å². The van der Waals surface area contributed by atoms with Crippen LogP contribution in [0.5, 0.6) is 11.5 Å². The number of carbonyl (C=O) groups is 1. The van der Waals surface area contributed by atoms with Crippen molar-refractivity contribution >= 4 is 17.7 Å². The number of ether oxygens (including phenoxy) is 1. The molecule has 0 spiro atoms. The lowest BCUT2D eigenvalue weighted by Crippen LogP contribution is -2.12. The summed E-state index contributed by atoms with van der Waals surface area (Å²) in [4.78, 5) is 11.4. The normalized spacial score (nSPS) is 13.4. The fourth-order valence-corrected chi connectivity index (χ4v) is 2.59. The van der Waals surface area contributed by atoms with Gasteiger partial charge in [-0.1, -0.05) is 36.4 Å². The van der Waals surface area contributed by atoms with Crippen LogP contribution < -0.4 is 4.74 Å². The fourth-order valence-electron chi connectivity index (χ4n) is 2.40. The summed E-state index contributed by atoms with van der Waals surface area (Å²) >= 11 is 3.91. The molecule has 0 atom stereocenters. The lowest BCUT2D eigenvalue weighted by Gasteiger charge is -2.27. The van der Waals surface area contributed by atoms with Crippen LogP contribution in [0, 0.1) is 0 Å². The molecular weight excluding hydrogens is 244 g/mol. The molecule has 0 radical (unpaired) electrons. The first-order valence-corrected chi connectivity index (χ1v) is 6.28. The minimum atomic E-state index is -0.105. The first-order valence-electron chi connectivity index (χ1n) is 5.83. The molecule has 0 saturated carbocycles. The van der Waals surface area contributed by atoms with Gasteiger partial charge in [-0.2, -0.15) is 0 Å². The van der Waals surface area contributed by atoms with Gasteiger partial charge in [0.25, 0.3) is 0 Å². The van der Waals surface area contributed by atoms with E-state index in [1.165, 1.54) is 0 Å². The zero-order valence-electron chi connectivity index (χ0n) is 9.67. The lowest BCUT2D eigenvalue weighted by molar-refractivity contribution is -0.111. The van der Waals surface area contributed by atoms with Crippen LogP contribution in [0.25, 0.3) is 0 Å². The minimum absolute atomic E-state index is 0.0381. The number of hydrogen-bond acceptors (Lipinski definition) is 2. The smallest absolute Gasteiger partial charge is 0.186 e. The summed E-state index contributed by atoms with van der Waals surface area (Å²) in [6.07, 6.45) is 0.389. The molecule has 0 aliphatic carbocycles. The molecule has 0 aromatic heterocycles. The Morgan fingerprint density at radius 2 is 1.50 bits per heavy atom. The highest BCUT2D eigenvalue weighted by atomic mass is 32.1. The van der Waals surface area contributed by atoms with Crippen molar-refractivity contribution in [1.29, 1.82) is 0 Å². The van der Waals surface area contributed by atoms with Gasteiger partial charge in [0.05, 0.1) is 0 Å². The molecule has 1 aliphatic rings. The topological polar surface area (TPSA) is 26.3 Å². The summed E-state index contributed by atoms with van der Waals surface area (Å²) in [5.41, 5.74) is 2.11. The summed E-state index contributed by atoms with van der Waals surface area (Å²) in [5, 5.41) is -0.105. The van der Waals surface area contributed by atoms with E-state index < -0.39 is 0 Å². The van der Waals surface area contributed by atoms with Gasteiger partial charge in [0.2, 0.25) is 0 Å². The van der Waals surface area contributed by atoms with E-state index >= 15 is 0 Å². The molecule has 1 aliphatic heterocycles. The Hall–Kier alpha value is -1.74. The Labute approximate surface area is 111 Å². The zero-order chi connectivity index (χ0) is 12.5. The third kappa shape index (κ3) is 1.91. The van der Waals surface area contributed by atoms with Crippen LogP contribution in [-0.4, -0.2) is 5.12 Å². The average molecular weight is 256 g/mol. The molecule has 0 saturated heterocycles. The highest BCUT2D eigenvalue weighted by molar-refractivity contribution is 7.96. The Bertz CT molecular complexity index is 561. The number of benzene rings is 2. The predicted octanol–water partition coefficient (Wildman–Crippen LogP) is 3.77. The van der Waals surface area contributed by atoms with Crippen LogP contribution in [0.4, 0.5) is 0 Å². The summed E-state index contributed by atoms with van der Waals surface area (Å²) in [6.45, 7) is 0. The molecule has 0 bridgehead atoms. The van der Waals surface area contributed by atoms with Gasteiger partial charge in [-0.25, -0.2) is 0 Å². The first kappa shape index (κ1) is 11.4. The number of rotatable bonds is 2. The standard InChI is InChI=1S/C15H12O2S/c16-15(18)9-12-10-5-1-3-7-13(10)17-14-8-4-2-6-11(12)14/h1-8,12H,9H2,(H,16,18). The maximum Gasteiger partial charge on any atom is 0.186 e. The van der Waals surface area contributed by atoms with Gasteiger partial charge in [-0.05, 0) is 12.1 Å². The number of fused-ring (bicyclic) bond motifs is 2. The van der Waals surface area contributed by atoms with Crippen LogP contribution in [0.1, 0.15) is 23.5 Å². The second-order valence-corrected chi connectivity index (χ2v) is 4.83. The molecule has 3 heteroatoms. The number of para-hydroxylation sites is 2. The van der Waals surface area contributed by atoms with Crippen LogP contribution in [0.15, 0.2) is 48.5 Å². The SMILES string of the molecule is O=C(S)CC1c2ccccc2Oc2ccccc21. The second kappa shape index (κ2) is 4.50. The maximum absolute atomic E-state index is 11.4. The number of hydrogen-bond donors (Lipinski definition) is 1. The van der Waals surface area contributed by atoms with Crippen molar-refractivity contribution in [2.24, 2.45) is 0 Å². The lowest BCUT2D eigenvalue weighted by atomic mass is 9.86. The van der Waals surface area contributed by atoms with E-state index in [4.69, 9.17) is 4.74 Å². The number of thiol groups is 1. The molecule has 0 fully saturated rings. The Kier molecular flexibility index (Phi) is 2.84. The van der Waals surface area contributed by atoms with Crippen LogP contribution in [0.2, 0.25) is 0 Å². The predicted molar refractivity (Wildman–Crippen MR) is 73.4 cm³/mol. The molecule has 2 nitrogen and oxygen atoms in total. The Balaban J connectivity index is 2.14. The van der Waals surface area contributed by atoms with Crippen LogP contribution >= 0.6 is 12.6 Å². The summed E-state index contributed by atoms with van der Waals surface area (Å²) in [5.74, 6) is 1.70. The second-order valence-electron chi connectivity index (χ2n) is 4.33. The van der Waals surface area contributed by atoms with E-state index in [0.717, 1.165) is 22.6 Å². The van der Waals surface area contributed by atoms with Crippen molar-refractivity contribution in [2.45, 2.75) is 12.3 Å². The molecule has 0 N–H and O–H groups in total. The van der Waals surface area contributed by atoms with Gasteiger partial charge >= 0.3 is 0 Å². The zero-order valence-corrected chi connectivity index (χ0v) is 10.6. The Morgan fingerprint density at radius 3 is 2.00 bits per heavy atom. The summed E-state index contributed by atoms with van der Waals surface area (Å²) < 4.78 is 5.85. The summed E-state index contributed by atoms with van der Waals surface area (Å²) in [6, 6.07) is 15.7. The maximum atomic E-state index is 11.4. The van der Waals surface area contributed by atoms with Gasteiger partial charge in [0.15, 0.2) is 5.12 Å². The van der Waals surface area contributed by atoms with E-state index in [1.807, 2.05) is 48.5 Å². The van der Waals surface area contributed by atoms with E-state index in [-0.39, 0.29) is 11.0 Å². The third-order valence-corrected chi connectivity index (χ3v) is 3.37. The van der Waals surface area contributed by atoms with Gasteiger partial charge < -0.3 is 4.74 Å². The van der Waals surface area contributed by atoms with Gasteiger partial charge in [-0.3, -0.25) is 4.79 Å².